The maximum Gasteiger partial charge on any atom is 0.249 e. The molecular formula is C86H102ClN19O5S. The minimum absolute atomic E-state index is 0.0292. The summed E-state index contributed by atoms with van der Waals surface area (Å²) in [6.45, 7) is 22.4. The van der Waals surface area contributed by atoms with E-state index in [1.54, 1.807) is 11.3 Å². The first-order valence-electron chi connectivity index (χ1n) is 40.2. The fraction of sp³-hybridized carbons (Fsp3) is 0.442. The molecule has 4 saturated heterocycles. The molecule has 4 aromatic heterocycles. The molecule has 112 heavy (non-hydrogen) atoms. The number of thiophene rings is 1. The zero-order chi connectivity index (χ0) is 77.4. The lowest BCUT2D eigenvalue weighted by atomic mass is 9.96. The number of aromatic nitrogens is 8. The van der Waals surface area contributed by atoms with Crippen LogP contribution in [0.15, 0.2) is 138 Å². The van der Waals surface area contributed by atoms with E-state index in [1.165, 1.54) is 72.3 Å². The largest absolute Gasteiger partial charge is 0.374 e. The minimum Gasteiger partial charge on any atom is -0.374 e. The van der Waals surface area contributed by atoms with Crippen molar-refractivity contribution in [3.05, 3.63) is 194 Å². The smallest absolute Gasteiger partial charge is 0.249 e. The standard InChI is InChI=1S/C44H50N10O2.C42H52ClN9O3S/c1-30-7-9-32(10-8-30)41-37-27-33(11-17-39(37)54-31(2)49-50-43(54)44(48-41)19-20-44)34-28-45-53(29-34)22-6-4-3-5-21-51-23-25-52(26-24-51)36-14-12-35(13-15-36)46-38-16-18-40(55)47-42(38)56;1-27-28(2)56-42-38(27)39(30-10-12-31(43)13-11-30)46-35(40-49-48-29(3)52(40)42)26-37(54)44-20-8-6-4-5-7-9-21-50-22-24-51(25-23-50)33-16-14-32(15-17-33)45-34-18-19-36(53)47-41(34)55/h7-15,17,27-29,38,46H,3-6,16,18-26H2,1-2H3,(H,47,55,56);10-17,34-35,45H,4-9,18-26H2,1-3H3,(H,44,54)(H,47,53,55)/t;34?,35-/m.0/s1. The van der Waals surface area contributed by atoms with Crippen LogP contribution in [0.5, 0.6) is 0 Å². The highest BCUT2D eigenvalue weighted by Crippen LogP contribution is 2.52. The number of rotatable bonds is 27. The van der Waals surface area contributed by atoms with Crippen molar-refractivity contribution < 1.29 is 24.0 Å². The van der Waals surface area contributed by atoms with Gasteiger partial charge in [-0.1, -0.05) is 98.2 Å². The quantitative estimate of drug-likeness (QED) is 0.0237. The molecular weight excluding hydrogens is 1450 g/mol. The fourth-order valence-electron chi connectivity index (χ4n) is 16.2. The number of fused-ring (bicyclic) bond motifs is 7. The number of anilines is 4. The van der Waals surface area contributed by atoms with E-state index in [0.29, 0.717) is 43.1 Å². The lowest BCUT2D eigenvalue weighted by Crippen LogP contribution is -2.47. The van der Waals surface area contributed by atoms with Crippen LogP contribution in [-0.4, -0.2) is 174 Å². The third kappa shape index (κ3) is 18.0. The Morgan fingerprint density at radius 3 is 1.70 bits per heavy atom. The average molecular weight is 1550 g/mol. The number of amides is 5. The molecule has 1 saturated carbocycles. The molecule has 1 spiro atoms. The van der Waals surface area contributed by atoms with Crippen LogP contribution >= 0.6 is 22.9 Å². The van der Waals surface area contributed by atoms with Gasteiger partial charge in [-0.25, -0.2) is 0 Å². The maximum absolute atomic E-state index is 13.3. The molecule has 0 radical (unpaired) electrons. The number of nitrogens with one attached hydrogen (secondary N) is 5. The molecule has 584 valence electrons. The van der Waals surface area contributed by atoms with Gasteiger partial charge in [-0.3, -0.25) is 68.2 Å². The van der Waals surface area contributed by atoms with Gasteiger partial charge in [0.05, 0.1) is 29.7 Å². The Bertz CT molecular complexity index is 4930. The summed E-state index contributed by atoms with van der Waals surface area (Å²) in [5, 5.41) is 39.0. The van der Waals surface area contributed by atoms with Crippen molar-refractivity contribution in [1.82, 2.24) is 65.1 Å². The highest BCUT2D eigenvalue weighted by Gasteiger charge is 2.51. The van der Waals surface area contributed by atoms with Gasteiger partial charge in [0.25, 0.3) is 0 Å². The van der Waals surface area contributed by atoms with Crippen LogP contribution in [0.1, 0.15) is 177 Å². The number of imide groups is 2. The number of piperazine rings is 2. The zero-order valence-corrected chi connectivity index (χ0v) is 66.5. The Labute approximate surface area is 664 Å². The number of aryl methyl sites for hydroxylation is 5. The van der Waals surface area contributed by atoms with Crippen LogP contribution in [0.3, 0.4) is 0 Å². The lowest BCUT2D eigenvalue weighted by molar-refractivity contribution is -0.135. The van der Waals surface area contributed by atoms with Crippen LogP contribution in [0.25, 0.3) is 21.8 Å². The Hall–Kier alpha value is -10.2. The fourth-order valence-corrected chi connectivity index (χ4v) is 17.5. The van der Waals surface area contributed by atoms with E-state index in [-0.39, 0.29) is 53.6 Å². The number of halogens is 1. The molecule has 1 aliphatic carbocycles. The van der Waals surface area contributed by atoms with Gasteiger partial charge in [0, 0.05) is 145 Å². The number of hydrogen-bond donors (Lipinski definition) is 5. The summed E-state index contributed by atoms with van der Waals surface area (Å²) in [6.07, 6.45) is 19.7. The molecule has 5 amide bonds. The molecule has 5 N–H and O–H groups in total. The van der Waals surface area contributed by atoms with Crippen molar-refractivity contribution in [2.24, 2.45) is 9.98 Å². The molecule has 9 aromatic rings. The van der Waals surface area contributed by atoms with E-state index < -0.39 is 6.04 Å². The highest BCUT2D eigenvalue weighted by molar-refractivity contribution is 7.15. The first-order valence-corrected chi connectivity index (χ1v) is 41.4. The summed E-state index contributed by atoms with van der Waals surface area (Å²) in [7, 11) is 0. The van der Waals surface area contributed by atoms with Crippen LogP contribution in [0.2, 0.25) is 5.02 Å². The van der Waals surface area contributed by atoms with Gasteiger partial charge in [0.15, 0.2) is 11.6 Å². The predicted molar refractivity (Wildman–Crippen MR) is 442 cm³/mol. The SMILES string of the molecule is Cc1ccc(C2=NC3(CC3)c3nnc(C)n3-c3ccc(-c4cnn(CCCCCCN5CCN(c6ccc(NC7CCC(=O)NC7=O)cc6)CC5)c4)cc32)cc1.Cc1sc2c(c1C)C(c1ccc(Cl)cc1)=N[C@@H](CC(=O)NCCCCCCCCN1CCN(c3ccc(NC4CCC(=O)NC4=O)cc3)CC1)c1nnc(C)n1-2. The van der Waals surface area contributed by atoms with Crippen LogP contribution in [-0.2, 0) is 36.1 Å². The van der Waals surface area contributed by atoms with Crippen molar-refractivity contribution in [2.45, 2.75) is 174 Å². The predicted octanol–water partition coefficient (Wildman–Crippen LogP) is 12.9. The zero-order valence-electron chi connectivity index (χ0n) is 65.0. The van der Waals surface area contributed by atoms with Gasteiger partial charge in [-0.2, -0.15) is 5.10 Å². The van der Waals surface area contributed by atoms with Gasteiger partial charge in [-0.05, 0) is 183 Å². The molecule has 3 atom stereocenters. The van der Waals surface area contributed by atoms with E-state index in [2.05, 4.69) is 174 Å². The molecule has 24 nitrogen and oxygen atoms in total. The van der Waals surface area contributed by atoms with Gasteiger partial charge >= 0.3 is 0 Å². The number of unbranched alkanes of at least 4 members (excludes halogenated alkanes) is 8. The van der Waals surface area contributed by atoms with Crippen LogP contribution in [0.4, 0.5) is 22.7 Å². The monoisotopic (exact) mass is 1550 g/mol. The Morgan fingerprint density at radius 2 is 1.11 bits per heavy atom. The highest BCUT2D eigenvalue weighted by atomic mass is 35.5. The maximum atomic E-state index is 13.3. The first kappa shape index (κ1) is 77.1. The normalized spacial score (nSPS) is 18.7. The van der Waals surface area contributed by atoms with Crippen molar-refractivity contribution in [3.63, 3.8) is 0 Å². The molecule has 2 unspecified atom stereocenters. The van der Waals surface area contributed by atoms with Crippen molar-refractivity contribution in [1.29, 1.82) is 0 Å². The summed E-state index contributed by atoms with van der Waals surface area (Å²) < 4.78 is 6.39. The van der Waals surface area contributed by atoms with E-state index in [9.17, 15) is 24.0 Å². The second kappa shape index (κ2) is 34.8. The number of carbonyl (C=O) groups is 5. The van der Waals surface area contributed by atoms with E-state index in [4.69, 9.17) is 26.7 Å². The third-order valence-electron chi connectivity index (χ3n) is 23.0. The number of aliphatic imine (C=N–C) groups is 2. The summed E-state index contributed by atoms with van der Waals surface area (Å²) >= 11 is 7.95. The van der Waals surface area contributed by atoms with E-state index in [1.807, 2.05) is 68.6 Å². The van der Waals surface area contributed by atoms with Crippen LogP contribution in [0, 0.1) is 34.6 Å². The van der Waals surface area contributed by atoms with Gasteiger partial charge in [-0.15, -0.1) is 31.7 Å². The van der Waals surface area contributed by atoms with Gasteiger partial charge in [0.2, 0.25) is 29.5 Å². The second-order valence-corrected chi connectivity index (χ2v) is 32.7. The van der Waals surface area contributed by atoms with Crippen molar-refractivity contribution >= 4 is 86.6 Å². The van der Waals surface area contributed by atoms with Crippen LogP contribution < -0.4 is 36.4 Å². The van der Waals surface area contributed by atoms with E-state index >= 15 is 0 Å². The summed E-state index contributed by atoms with van der Waals surface area (Å²) in [5.74, 6) is 2.39. The molecule has 10 heterocycles. The number of hydrogen-bond acceptors (Lipinski definition) is 19. The number of nitrogens with zero attached hydrogens (tertiary/aromatic N) is 14. The molecule has 7 aliphatic rings. The number of benzene rings is 5. The number of carbonyl (C=O) groups excluding carboxylic acids is 5. The molecule has 6 aliphatic heterocycles. The minimum atomic E-state index is -0.466. The number of piperidine rings is 2. The molecule has 26 heteroatoms. The molecule has 0 bridgehead atoms. The van der Waals surface area contributed by atoms with Crippen molar-refractivity contribution in [2.75, 3.05) is 92.4 Å². The van der Waals surface area contributed by atoms with Crippen molar-refractivity contribution in [3.8, 4) is 21.8 Å². The molecule has 5 fully saturated rings. The lowest BCUT2D eigenvalue weighted by Gasteiger charge is -2.36. The summed E-state index contributed by atoms with van der Waals surface area (Å²) in [4.78, 5) is 82.2. The topological polar surface area (TPSA) is 262 Å². The average Bonchev–Trinajstić information content (AvgIpc) is 1.55. The molecule has 5 aromatic carbocycles. The molecule has 16 rings (SSSR count). The third-order valence-corrected chi connectivity index (χ3v) is 24.5. The Kier molecular flexibility index (Phi) is 24.0. The summed E-state index contributed by atoms with van der Waals surface area (Å²) in [5.41, 5.74) is 15.7. The first-order chi connectivity index (χ1) is 54.5. The Balaban J connectivity index is 0.000000177. The summed E-state index contributed by atoms with van der Waals surface area (Å²) in [6, 6.07) is 38.5. The second-order valence-electron chi connectivity index (χ2n) is 31.0. The van der Waals surface area contributed by atoms with E-state index in [0.717, 1.165) is 188 Å². The van der Waals surface area contributed by atoms with Gasteiger partial charge in [0.1, 0.15) is 40.3 Å². The Morgan fingerprint density at radius 1 is 0.571 bits per heavy atom. The van der Waals surface area contributed by atoms with Gasteiger partial charge < -0.3 is 25.8 Å².